The topological polar surface area (TPSA) is 71.3 Å². The van der Waals surface area contributed by atoms with Crippen molar-refractivity contribution in [1.29, 1.82) is 5.26 Å². The number of ether oxygens (including phenoxy) is 2. The number of carbonyl (C=O) groups excluding carboxylic acids is 1. The summed E-state index contributed by atoms with van der Waals surface area (Å²) >= 11 is 0. The first-order valence-corrected chi connectivity index (χ1v) is 4.93. The normalized spacial score (nSPS) is 9.38. The van der Waals surface area contributed by atoms with Gasteiger partial charge in [-0.3, -0.25) is 0 Å². The molecule has 0 radical (unpaired) electrons. The molecule has 0 atom stereocenters. The lowest BCUT2D eigenvalue weighted by Crippen LogP contribution is -2.29. The lowest BCUT2D eigenvalue weighted by atomic mass is 10.2. The van der Waals surface area contributed by atoms with E-state index in [4.69, 9.17) is 14.7 Å². The summed E-state index contributed by atoms with van der Waals surface area (Å²) in [5, 5.41) is 10.5. The summed E-state index contributed by atoms with van der Waals surface area (Å²) < 4.78 is 9.77. The van der Waals surface area contributed by atoms with Gasteiger partial charge in [0.2, 0.25) is 0 Å². The Morgan fingerprint density at radius 1 is 1.44 bits per heavy atom. The fraction of sp³-hybridized carbons (Fsp3) is 0.636. The maximum Gasteiger partial charge on any atom is 0.419 e. The van der Waals surface area contributed by atoms with Crippen molar-refractivity contribution in [2.75, 3.05) is 6.61 Å². The molecule has 0 aliphatic rings. The molecule has 0 aromatic rings. The Hall–Kier alpha value is -1.88. The number of hydrogen-bond donors (Lipinski definition) is 1. The Kier molecular flexibility index (Phi) is 6.55. The Balaban J connectivity index is 3.61. The van der Waals surface area contributed by atoms with Gasteiger partial charge in [0.25, 0.3) is 0 Å². The van der Waals surface area contributed by atoms with Gasteiger partial charge in [0.1, 0.15) is 18.3 Å². The molecular formula is C11H16N2O3. The van der Waals surface area contributed by atoms with Crippen molar-refractivity contribution < 1.29 is 14.3 Å². The monoisotopic (exact) mass is 224 g/mol. The average Bonchev–Trinajstić information content (AvgIpc) is 2.13. The van der Waals surface area contributed by atoms with Crippen LogP contribution in [0.5, 0.6) is 0 Å². The lowest BCUT2D eigenvalue weighted by molar-refractivity contribution is 0.0557. The third-order valence-electron chi connectivity index (χ3n) is 1.22. The Bertz CT molecular complexity index is 315. The van der Waals surface area contributed by atoms with Crippen molar-refractivity contribution in [1.82, 2.24) is 5.32 Å². The van der Waals surface area contributed by atoms with Crippen LogP contribution in [0.3, 0.4) is 0 Å². The quantitative estimate of drug-likeness (QED) is 0.450. The maximum absolute atomic E-state index is 11.1. The van der Waals surface area contributed by atoms with Crippen LogP contribution in [0.25, 0.3) is 0 Å². The largest absolute Gasteiger partial charge is 0.445 e. The molecular weight excluding hydrogens is 208 g/mol. The smallest absolute Gasteiger partial charge is 0.419 e. The average molecular weight is 224 g/mol. The molecule has 16 heavy (non-hydrogen) atoms. The van der Waals surface area contributed by atoms with Gasteiger partial charge in [-0.25, -0.2) is 10.1 Å². The van der Waals surface area contributed by atoms with E-state index in [0.29, 0.717) is 19.4 Å². The van der Waals surface area contributed by atoms with Crippen molar-refractivity contribution in [3.05, 3.63) is 0 Å². The summed E-state index contributed by atoms with van der Waals surface area (Å²) in [5.74, 6) is 0. The molecule has 0 aliphatic carbocycles. The number of rotatable bonds is 3. The highest BCUT2D eigenvalue weighted by atomic mass is 16.6. The summed E-state index contributed by atoms with van der Waals surface area (Å²) in [4.78, 5) is 11.1. The number of unbranched alkanes of at least 4 members (excludes halogenated alkanes) is 1. The van der Waals surface area contributed by atoms with Gasteiger partial charge in [-0.1, -0.05) is 0 Å². The third-order valence-corrected chi connectivity index (χ3v) is 1.22. The molecule has 0 aromatic heterocycles. The molecule has 0 saturated carbocycles. The number of alkyl carbamates (subject to hydrolysis) is 1. The molecule has 0 aromatic carbocycles. The summed E-state index contributed by atoms with van der Waals surface area (Å²) in [5.41, 5.74) is -0.542. The van der Waals surface area contributed by atoms with Crippen LogP contribution in [-0.4, -0.2) is 18.3 Å². The van der Waals surface area contributed by atoms with Crippen molar-refractivity contribution in [2.45, 2.75) is 39.2 Å². The van der Waals surface area contributed by atoms with Crippen LogP contribution in [0.1, 0.15) is 33.6 Å². The third kappa shape index (κ3) is 10.2. The van der Waals surface area contributed by atoms with E-state index in [1.165, 1.54) is 0 Å². The van der Waals surface area contributed by atoms with Gasteiger partial charge in [0, 0.05) is 6.42 Å². The molecule has 5 heteroatoms. The minimum Gasteiger partial charge on any atom is -0.445 e. The zero-order chi connectivity index (χ0) is 12.4. The highest BCUT2D eigenvalue weighted by Gasteiger charge is 2.14. The second-order valence-corrected chi connectivity index (χ2v) is 3.96. The molecule has 1 amide bonds. The highest BCUT2D eigenvalue weighted by molar-refractivity contribution is 5.69. The van der Waals surface area contributed by atoms with E-state index >= 15 is 0 Å². The van der Waals surface area contributed by atoms with Crippen LogP contribution in [-0.2, 0) is 9.47 Å². The van der Waals surface area contributed by atoms with Crippen LogP contribution >= 0.6 is 0 Å². The van der Waals surface area contributed by atoms with E-state index in [-0.39, 0.29) is 0 Å². The van der Waals surface area contributed by atoms with Crippen LogP contribution in [0.15, 0.2) is 0 Å². The molecule has 5 nitrogen and oxygen atoms in total. The van der Waals surface area contributed by atoms with Crippen molar-refractivity contribution in [2.24, 2.45) is 0 Å². The first-order chi connectivity index (χ1) is 7.45. The second-order valence-electron chi connectivity index (χ2n) is 3.96. The summed E-state index contributed by atoms with van der Waals surface area (Å²) in [6, 6.07) is 4.29. The van der Waals surface area contributed by atoms with Gasteiger partial charge in [0.15, 0.2) is 0 Å². The minimum atomic E-state index is -0.611. The van der Waals surface area contributed by atoms with Gasteiger partial charge in [-0.05, 0) is 27.2 Å². The second kappa shape index (κ2) is 7.42. The number of amides is 1. The number of nitriles is 1. The first-order valence-electron chi connectivity index (χ1n) is 4.93. The van der Waals surface area contributed by atoms with Gasteiger partial charge in [-0.2, -0.15) is 5.26 Å². The fourth-order valence-corrected chi connectivity index (χ4v) is 0.691. The Labute approximate surface area is 95.7 Å². The Morgan fingerprint density at radius 3 is 2.69 bits per heavy atom. The van der Waals surface area contributed by atoms with E-state index in [1.807, 2.05) is 6.07 Å². The van der Waals surface area contributed by atoms with Gasteiger partial charge < -0.3 is 9.47 Å². The number of nitrogens with zero attached hydrogens (tertiary/aromatic N) is 1. The number of hydrogen-bond acceptors (Lipinski definition) is 4. The first kappa shape index (κ1) is 14.1. The van der Waals surface area contributed by atoms with Crippen molar-refractivity contribution in [3.8, 4) is 18.2 Å². The fourth-order valence-electron chi connectivity index (χ4n) is 0.691. The number of carbonyl (C=O) groups is 1. The zero-order valence-corrected chi connectivity index (χ0v) is 9.79. The van der Waals surface area contributed by atoms with E-state index < -0.39 is 11.7 Å². The minimum absolute atomic E-state index is 0.372. The van der Waals surface area contributed by atoms with Crippen LogP contribution in [0.4, 0.5) is 4.79 Å². The van der Waals surface area contributed by atoms with E-state index in [2.05, 4.69) is 17.5 Å². The molecule has 0 fully saturated rings. The van der Waals surface area contributed by atoms with Gasteiger partial charge in [0.05, 0.1) is 12.1 Å². The zero-order valence-electron chi connectivity index (χ0n) is 9.79. The van der Waals surface area contributed by atoms with E-state index in [1.54, 1.807) is 20.8 Å². The summed E-state index contributed by atoms with van der Waals surface area (Å²) in [6.45, 7) is 5.66. The standard InChI is InChI=1S/C11H16N2O3/c1-11(2,3)16-10(14)13-7-9-15-8-5-4-6-12/h4-5,8H2,1-3H3,(H,13,14). The molecule has 0 bridgehead atoms. The van der Waals surface area contributed by atoms with Crippen LogP contribution in [0, 0.1) is 23.5 Å². The van der Waals surface area contributed by atoms with Gasteiger partial charge >= 0.3 is 6.09 Å². The van der Waals surface area contributed by atoms with E-state index in [0.717, 1.165) is 0 Å². The molecule has 88 valence electrons. The molecule has 0 heterocycles. The van der Waals surface area contributed by atoms with Crippen LogP contribution in [0.2, 0.25) is 0 Å². The highest BCUT2D eigenvalue weighted by Crippen LogP contribution is 2.05. The predicted octanol–water partition coefficient (Wildman–Crippen LogP) is 1.75. The molecule has 0 saturated heterocycles. The molecule has 1 N–H and O–H groups in total. The van der Waals surface area contributed by atoms with Crippen molar-refractivity contribution >= 4 is 6.09 Å². The SMILES string of the molecule is CC(C)(C)OC(=O)NC#COCCCC#N. The summed E-state index contributed by atoms with van der Waals surface area (Å²) in [7, 11) is 0. The van der Waals surface area contributed by atoms with Crippen molar-refractivity contribution in [3.63, 3.8) is 0 Å². The van der Waals surface area contributed by atoms with Gasteiger partial charge in [-0.15, -0.1) is 0 Å². The molecule has 0 unspecified atom stereocenters. The van der Waals surface area contributed by atoms with E-state index in [9.17, 15) is 4.79 Å². The maximum atomic E-state index is 11.1. The summed E-state index contributed by atoms with van der Waals surface area (Å²) in [6.07, 6.45) is 2.73. The predicted molar refractivity (Wildman–Crippen MR) is 57.9 cm³/mol. The number of nitrogens with one attached hydrogen (secondary N) is 1. The molecule has 0 rings (SSSR count). The van der Waals surface area contributed by atoms with Crippen LogP contribution < -0.4 is 5.32 Å². The Morgan fingerprint density at radius 2 is 2.12 bits per heavy atom. The molecule has 0 aliphatic heterocycles. The molecule has 0 spiro atoms. The lowest BCUT2D eigenvalue weighted by Gasteiger charge is -2.18.